The minimum Gasteiger partial charge on any atom is -0.350 e. The van der Waals surface area contributed by atoms with Crippen LogP contribution < -0.4 is 5.32 Å². The summed E-state index contributed by atoms with van der Waals surface area (Å²) in [7, 11) is 0. The standard InChI is InChI=1S/C22H26FN5O/c1-14-5-6-19(23)18-10-20(26-21(14)18)22(29)25-15-3-2-4-16(9-15)27-7-8-28-13-24-11-17(28)12-27/h5-6,10-11,13,15-16,26H,2-4,7-9,12H2,1H3,(H,25,29)/t15-,16-/m1/s1. The van der Waals surface area contributed by atoms with Crippen LogP contribution in [0.1, 0.15) is 47.4 Å². The zero-order chi connectivity index (χ0) is 20.0. The first-order valence-electron chi connectivity index (χ1n) is 10.4. The summed E-state index contributed by atoms with van der Waals surface area (Å²) >= 11 is 0. The van der Waals surface area contributed by atoms with Gasteiger partial charge in [0.05, 0.1) is 17.5 Å². The Kier molecular flexibility index (Phi) is 4.62. The molecule has 2 atom stereocenters. The van der Waals surface area contributed by atoms with E-state index in [1.165, 1.54) is 11.8 Å². The van der Waals surface area contributed by atoms with E-state index in [1.807, 2.05) is 19.4 Å². The maximum Gasteiger partial charge on any atom is 0.267 e. The van der Waals surface area contributed by atoms with Gasteiger partial charge in [0.1, 0.15) is 11.5 Å². The van der Waals surface area contributed by atoms with Crippen molar-refractivity contribution in [2.24, 2.45) is 0 Å². The van der Waals surface area contributed by atoms with E-state index in [0.29, 0.717) is 22.6 Å². The Morgan fingerprint density at radius 3 is 3.07 bits per heavy atom. The normalized spacial score (nSPS) is 22.6. The number of amides is 1. The van der Waals surface area contributed by atoms with Crippen LogP contribution in [0.4, 0.5) is 4.39 Å². The number of halogens is 1. The molecular formula is C22H26FN5O. The number of aryl methyl sites for hydroxylation is 1. The van der Waals surface area contributed by atoms with Gasteiger partial charge in [-0.15, -0.1) is 0 Å². The Bertz CT molecular complexity index is 1020. The van der Waals surface area contributed by atoms with E-state index in [1.54, 1.807) is 12.1 Å². The van der Waals surface area contributed by atoms with Gasteiger partial charge in [0.15, 0.2) is 0 Å². The second-order valence-electron chi connectivity index (χ2n) is 8.38. The molecule has 152 valence electrons. The highest BCUT2D eigenvalue weighted by atomic mass is 19.1. The first kappa shape index (κ1) is 18.4. The van der Waals surface area contributed by atoms with Crippen LogP contribution in [0.5, 0.6) is 0 Å². The quantitative estimate of drug-likeness (QED) is 0.715. The second-order valence-corrected chi connectivity index (χ2v) is 8.38. The molecule has 0 spiro atoms. The summed E-state index contributed by atoms with van der Waals surface area (Å²) in [6.45, 7) is 4.83. The number of hydrogen-bond donors (Lipinski definition) is 2. The van der Waals surface area contributed by atoms with Crippen molar-refractivity contribution in [3.63, 3.8) is 0 Å². The van der Waals surface area contributed by atoms with E-state index in [9.17, 15) is 9.18 Å². The summed E-state index contributed by atoms with van der Waals surface area (Å²) in [6.07, 6.45) is 8.06. The molecule has 2 aliphatic rings. The van der Waals surface area contributed by atoms with Gasteiger partial charge in [-0.05, 0) is 50.3 Å². The van der Waals surface area contributed by atoms with Gasteiger partial charge in [-0.3, -0.25) is 9.69 Å². The third kappa shape index (κ3) is 3.44. The fourth-order valence-corrected chi connectivity index (χ4v) is 4.85. The summed E-state index contributed by atoms with van der Waals surface area (Å²) in [5.74, 6) is -0.453. The smallest absolute Gasteiger partial charge is 0.267 e. The third-order valence-corrected chi connectivity index (χ3v) is 6.48. The maximum atomic E-state index is 14.1. The molecule has 1 fully saturated rings. The van der Waals surface area contributed by atoms with Crippen molar-refractivity contribution in [3.8, 4) is 0 Å². The van der Waals surface area contributed by atoms with Gasteiger partial charge < -0.3 is 14.9 Å². The summed E-state index contributed by atoms with van der Waals surface area (Å²) in [4.78, 5) is 22.7. The first-order chi connectivity index (χ1) is 14.1. The average molecular weight is 395 g/mol. The topological polar surface area (TPSA) is 66.0 Å². The number of hydrogen-bond acceptors (Lipinski definition) is 3. The molecule has 2 aromatic heterocycles. The van der Waals surface area contributed by atoms with Crippen LogP contribution in [0.2, 0.25) is 0 Å². The van der Waals surface area contributed by atoms with Gasteiger partial charge in [-0.25, -0.2) is 9.37 Å². The van der Waals surface area contributed by atoms with Crippen LogP contribution in [0.3, 0.4) is 0 Å². The van der Waals surface area contributed by atoms with Crippen molar-refractivity contribution >= 4 is 16.8 Å². The number of rotatable bonds is 3. The number of imidazole rings is 1. The molecule has 1 amide bonds. The second kappa shape index (κ2) is 7.30. The van der Waals surface area contributed by atoms with Crippen molar-refractivity contribution in [1.82, 2.24) is 24.8 Å². The number of nitrogens with one attached hydrogen (secondary N) is 2. The Labute approximate surface area is 169 Å². The first-order valence-corrected chi connectivity index (χ1v) is 10.4. The number of aromatic amines is 1. The predicted molar refractivity (Wildman–Crippen MR) is 109 cm³/mol. The molecule has 29 heavy (non-hydrogen) atoms. The van der Waals surface area contributed by atoms with Crippen molar-refractivity contribution in [2.45, 2.75) is 57.8 Å². The molecule has 5 rings (SSSR count). The van der Waals surface area contributed by atoms with Crippen LogP contribution in [0.25, 0.3) is 10.9 Å². The molecule has 2 N–H and O–H groups in total. The number of carbonyl (C=O) groups is 1. The van der Waals surface area contributed by atoms with Crippen molar-refractivity contribution < 1.29 is 9.18 Å². The molecule has 7 heteroatoms. The Hall–Kier alpha value is -2.67. The molecular weight excluding hydrogens is 369 g/mol. The lowest BCUT2D eigenvalue weighted by molar-refractivity contribution is 0.0855. The molecule has 1 aliphatic carbocycles. The van der Waals surface area contributed by atoms with Crippen LogP contribution in [-0.4, -0.2) is 44.0 Å². The Morgan fingerprint density at radius 2 is 2.21 bits per heavy atom. The molecule has 1 aromatic carbocycles. The highest BCUT2D eigenvalue weighted by molar-refractivity contribution is 5.99. The van der Waals surface area contributed by atoms with E-state index < -0.39 is 0 Å². The van der Waals surface area contributed by atoms with Crippen LogP contribution in [0.15, 0.2) is 30.7 Å². The third-order valence-electron chi connectivity index (χ3n) is 6.48. The highest BCUT2D eigenvalue weighted by Crippen LogP contribution is 2.27. The van der Waals surface area contributed by atoms with Crippen LogP contribution in [0, 0.1) is 12.7 Å². The molecule has 0 bridgehead atoms. The molecule has 6 nitrogen and oxygen atoms in total. The molecule has 1 aliphatic heterocycles. The number of nitrogens with zero attached hydrogens (tertiary/aromatic N) is 3. The highest BCUT2D eigenvalue weighted by Gasteiger charge is 2.30. The van der Waals surface area contributed by atoms with Crippen molar-refractivity contribution in [2.75, 3.05) is 6.54 Å². The summed E-state index contributed by atoms with van der Waals surface area (Å²) in [5, 5.41) is 3.66. The lowest BCUT2D eigenvalue weighted by Gasteiger charge is -2.39. The largest absolute Gasteiger partial charge is 0.350 e. The zero-order valence-electron chi connectivity index (χ0n) is 16.6. The molecule has 0 radical (unpaired) electrons. The van der Waals surface area contributed by atoms with Gasteiger partial charge in [-0.2, -0.15) is 0 Å². The van der Waals surface area contributed by atoms with E-state index >= 15 is 0 Å². The minimum absolute atomic E-state index is 0.144. The fraction of sp³-hybridized carbons (Fsp3) is 0.455. The van der Waals surface area contributed by atoms with Gasteiger partial charge in [-0.1, -0.05) is 6.07 Å². The SMILES string of the molecule is Cc1ccc(F)c2cc(C(=O)N[C@@H]3CCC[C@@H](N4CCn5cncc5C4)C3)[nH]c12. The fourth-order valence-electron chi connectivity index (χ4n) is 4.85. The van der Waals surface area contributed by atoms with Crippen molar-refractivity contribution in [3.05, 3.63) is 53.5 Å². The van der Waals surface area contributed by atoms with E-state index in [0.717, 1.165) is 50.9 Å². The van der Waals surface area contributed by atoms with Gasteiger partial charge in [0, 0.05) is 43.3 Å². The monoisotopic (exact) mass is 395 g/mol. The van der Waals surface area contributed by atoms with Crippen molar-refractivity contribution in [1.29, 1.82) is 0 Å². The summed E-state index contributed by atoms with van der Waals surface area (Å²) < 4.78 is 16.3. The van der Waals surface area contributed by atoms with E-state index in [2.05, 4.69) is 24.8 Å². The number of carbonyl (C=O) groups excluding carboxylic acids is 1. The number of aromatic nitrogens is 3. The Morgan fingerprint density at radius 1 is 1.31 bits per heavy atom. The molecule has 3 aromatic rings. The van der Waals surface area contributed by atoms with Crippen LogP contribution in [-0.2, 0) is 13.1 Å². The van der Waals surface area contributed by atoms with Gasteiger partial charge in [0.25, 0.3) is 5.91 Å². The average Bonchev–Trinajstić information content (AvgIpc) is 3.38. The molecule has 0 saturated heterocycles. The summed E-state index contributed by atoms with van der Waals surface area (Å²) in [6, 6.07) is 5.42. The van der Waals surface area contributed by atoms with Crippen LogP contribution >= 0.6 is 0 Å². The number of H-pyrrole nitrogens is 1. The van der Waals surface area contributed by atoms with Gasteiger partial charge in [0.2, 0.25) is 0 Å². The van der Waals surface area contributed by atoms with Gasteiger partial charge >= 0.3 is 0 Å². The zero-order valence-corrected chi connectivity index (χ0v) is 16.6. The van der Waals surface area contributed by atoms with E-state index in [4.69, 9.17) is 0 Å². The minimum atomic E-state index is -0.303. The summed E-state index contributed by atoms with van der Waals surface area (Å²) in [5.41, 5.74) is 3.32. The lowest BCUT2D eigenvalue weighted by atomic mass is 9.89. The lowest BCUT2D eigenvalue weighted by Crippen LogP contribution is -2.48. The number of fused-ring (bicyclic) bond motifs is 2. The molecule has 1 saturated carbocycles. The predicted octanol–water partition coefficient (Wildman–Crippen LogP) is 3.37. The molecule has 0 unspecified atom stereocenters. The maximum absolute atomic E-state index is 14.1. The van der Waals surface area contributed by atoms with E-state index in [-0.39, 0.29) is 17.8 Å². The molecule has 3 heterocycles. The Balaban J connectivity index is 1.26. The number of benzene rings is 1.